The van der Waals surface area contributed by atoms with Gasteiger partial charge in [0.05, 0.1) is 5.92 Å². The maximum atomic E-state index is 13.6. The summed E-state index contributed by atoms with van der Waals surface area (Å²) in [7, 11) is 0. The second-order valence-electron chi connectivity index (χ2n) is 6.18. The Hall–Kier alpha value is -1.39. The lowest BCUT2D eigenvalue weighted by molar-refractivity contribution is -0.151. The third kappa shape index (κ3) is 3.09. The average Bonchev–Trinajstić information content (AvgIpc) is 2.64. The highest BCUT2D eigenvalue weighted by atomic mass is 19.1. The van der Waals surface area contributed by atoms with E-state index in [1.165, 1.54) is 0 Å². The molecule has 0 spiro atoms. The molecule has 1 rings (SSSR count). The summed E-state index contributed by atoms with van der Waals surface area (Å²) in [5.74, 6) is -4.16. The van der Waals surface area contributed by atoms with Crippen molar-refractivity contribution >= 4 is 11.9 Å². The summed E-state index contributed by atoms with van der Waals surface area (Å²) in [6, 6.07) is 0. The number of esters is 1. The third-order valence-corrected chi connectivity index (χ3v) is 3.10. The monoisotopic (exact) mass is 258 g/mol. The molecule has 0 radical (unpaired) electrons. The van der Waals surface area contributed by atoms with Crippen molar-refractivity contribution in [3.63, 3.8) is 0 Å². The van der Waals surface area contributed by atoms with Crippen molar-refractivity contribution in [3.05, 3.63) is 11.9 Å². The molecule has 0 saturated heterocycles. The second-order valence-corrected chi connectivity index (χ2v) is 6.18. The Morgan fingerprint density at radius 2 is 1.83 bits per heavy atom. The fourth-order valence-electron chi connectivity index (χ4n) is 2.01. The molecule has 1 saturated carbocycles. The van der Waals surface area contributed by atoms with Crippen LogP contribution in [0.3, 0.4) is 0 Å². The van der Waals surface area contributed by atoms with E-state index in [1.54, 1.807) is 34.6 Å². The van der Waals surface area contributed by atoms with Crippen molar-refractivity contribution in [1.29, 1.82) is 0 Å². The molecular formula is C13H19FO4. The van der Waals surface area contributed by atoms with E-state index in [0.29, 0.717) is 0 Å². The molecule has 18 heavy (non-hydrogen) atoms. The van der Waals surface area contributed by atoms with Gasteiger partial charge in [-0.2, -0.15) is 4.39 Å². The summed E-state index contributed by atoms with van der Waals surface area (Å²) in [6.45, 7) is 8.38. The summed E-state index contributed by atoms with van der Waals surface area (Å²) in [4.78, 5) is 22.3. The van der Waals surface area contributed by atoms with Gasteiger partial charge in [-0.15, -0.1) is 0 Å². The number of carboxylic acids is 1. The molecule has 0 aromatic carbocycles. The Balaban J connectivity index is 2.74. The first-order chi connectivity index (χ1) is 7.97. The zero-order valence-corrected chi connectivity index (χ0v) is 11.3. The molecule has 0 aliphatic heterocycles. The van der Waals surface area contributed by atoms with Gasteiger partial charge in [0.25, 0.3) is 0 Å². The Bertz CT molecular complexity index is 404. The Kier molecular flexibility index (Phi) is 3.56. The van der Waals surface area contributed by atoms with E-state index < -0.39 is 40.6 Å². The molecule has 0 aromatic heterocycles. The zero-order valence-electron chi connectivity index (χ0n) is 11.3. The number of ether oxygens (including phenoxy) is 1. The van der Waals surface area contributed by atoms with Crippen LogP contribution in [0.4, 0.5) is 4.39 Å². The molecule has 1 N–H and O–H groups in total. The SMILES string of the molecule is CC(C)(C)OC(=O)/C(F)=C\C1C(C(=O)O)C1(C)C. The van der Waals surface area contributed by atoms with Gasteiger partial charge in [0.1, 0.15) is 5.60 Å². The molecule has 2 atom stereocenters. The van der Waals surface area contributed by atoms with Crippen molar-refractivity contribution in [1.82, 2.24) is 0 Å². The van der Waals surface area contributed by atoms with Crippen LogP contribution in [0.5, 0.6) is 0 Å². The van der Waals surface area contributed by atoms with Crippen LogP contribution in [0.1, 0.15) is 34.6 Å². The Morgan fingerprint density at radius 1 is 1.33 bits per heavy atom. The zero-order chi connectivity index (χ0) is 14.3. The van der Waals surface area contributed by atoms with Crippen LogP contribution in [0.15, 0.2) is 11.9 Å². The van der Waals surface area contributed by atoms with Crippen LogP contribution < -0.4 is 0 Å². The standard InChI is InChI=1S/C13H19FO4/c1-12(2,3)18-11(17)8(14)6-7-9(10(15)16)13(7,4)5/h6-7,9H,1-5H3,(H,15,16)/b8-6+. The van der Waals surface area contributed by atoms with Crippen LogP contribution in [0.25, 0.3) is 0 Å². The first-order valence-corrected chi connectivity index (χ1v) is 5.80. The van der Waals surface area contributed by atoms with Crippen LogP contribution in [0.2, 0.25) is 0 Å². The molecule has 1 fully saturated rings. The molecule has 0 aromatic rings. The van der Waals surface area contributed by atoms with Gasteiger partial charge in [-0.25, -0.2) is 4.79 Å². The van der Waals surface area contributed by atoms with Crippen molar-refractivity contribution in [3.8, 4) is 0 Å². The van der Waals surface area contributed by atoms with E-state index in [0.717, 1.165) is 6.08 Å². The van der Waals surface area contributed by atoms with Crippen LogP contribution in [-0.2, 0) is 14.3 Å². The quantitative estimate of drug-likeness (QED) is 0.624. The van der Waals surface area contributed by atoms with E-state index in [2.05, 4.69) is 0 Å². The predicted octanol–water partition coefficient (Wildman–Crippen LogP) is 2.54. The van der Waals surface area contributed by atoms with E-state index >= 15 is 0 Å². The summed E-state index contributed by atoms with van der Waals surface area (Å²) in [5.41, 5.74) is -1.29. The fourth-order valence-corrected chi connectivity index (χ4v) is 2.01. The van der Waals surface area contributed by atoms with Gasteiger partial charge >= 0.3 is 11.9 Å². The van der Waals surface area contributed by atoms with Gasteiger partial charge in [-0.05, 0) is 38.2 Å². The highest BCUT2D eigenvalue weighted by Gasteiger charge is 2.61. The number of carbonyl (C=O) groups excluding carboxylic acids is 1. The number of hydrogen-bond donors (Lipinski definition) is 1. The summed E-state index contributed by atoms with van der Waals surface area (Å²) in [6.07, 6.45) is 1.06. The molecule has 0 bridgehead atoms. The molecule has 0 amide bonds. The molecule has 5 heteroatoms. The summed E-state index contributed by atoms with van der Waals surface area (Å²) in [5, 5.41) is 8.93. The third-order valence-electron chi connectivity index (χ3n) is 3.10. The lowest BCUT2D eigenvalue weighted by Gasteiger charge is -2.18. The smallest absolute Gasteiger partial charge is 0.367 e. The Morgan fingerprint density at radius 3 is 2.17 bits per heavy atom. The predicted molar refractivity (Wildman–Crippen MR) is 63.4 cm³/mol. The lowest BCUT2D eigenvalue weighted by atomic mass is 10.1. The van der Waals surface area contributed by atoms with Crippen LogP contribution in [-0.4, -0.2) is 22.6 Å². The van der Waals surface area contributed by atoms with E-state index in [1.807, 2.05) is 0 Å². The summed E-state index contributed by atoms with van der Waals surface area (Å²) >= 11 is 0. The second kappa shape index (κ2) is 4.37. The van der Waals surface area contributed by atoms with Gasteiger partial charge in [-0.3, -0.25) is 4.79 Å². The first kappa shape index (κ1) is 14.7. The lowest BCUT2D eigenvalue weighted by Crippen LogP contribution is -2.24. The largest absolute Gasteiger partial charge is 0.481 e. The number of aliphatic carboxylic acids is 1. The highest BCUT2D eigenvalue weighted by molar-refractivity contribution is 5.87. The molecule has 0 heterocycles. The van der Waals surface area contributed by atoms with Gasteiger partial charge in [0.2, 0.25) is 5.83 Å². The van der Waals surface area contributed by atoms with Crippen LogP contribution >= 0.6 is 0 Å². The topological polar surface area (TPSA) is 63.6 Å². The number of allylic oxidation sites excluding steroid dienone is 1. The maximum Gasteiger partial charge on any atom is 0.367 e. The number of carboxylic acid groups (broad SMARTS) is 1. The van der Waals surface area contributed by atoms with Crippen molar-refractivity contribution in [2.24, 2.45) is 17.3 Å². The molecular weight excluding hydrogens is 239 g/mol. The fraction of sp³-hybridized carbons (Fsp3) is 0.692. The van der Waals surface area contributed by atoms with Crippen molar-refractivity contribution in [2.45, 2.75) is 40.2 Å². The minimum Gasteiger partial charge on any atom is -0.481 e. The van der Waals surface area contributed by atoms with Crippen molar-refractivity contribution in [2.75, 3.05) is 0 Å². The average molecular weight is 258 g/mol. The van der Waals surface area contributed by atoms with Gasteiger partial charge in [-0.1, -0.05) is 13.8 Å². The number of rotatable bonds is 3. The van der Waals surface area contributed by atoms with E-state index in [9.17, 15) is 14.0 Å². The number of hydrogen-bond acceptors (Lipinski definition) is 3. The minimum absolute atomic E-state index is 0.470. The molecule has 2 unspecified atom stereocenters. The van der Waals surface area contributed by atoms with Gasteiger partial charge in [0, 0.05) is 0 Å². The normalized spacial score (nSPS) is 26.7. The van der Waals surface area contributed by atoms with Crippen LogP contribution in [0, 0.1) is 17.3 Å². The van der Waals surface area contributed by atoms with E-state index in [4.69, 9.17) is 9.84 Å². The molecule has 4 nitrogen and oxygen atoms in total. The summed E-state index contributed by atoms with van der Waals surface area (Å²) < 4.78 is 18.5. The van der Waals surface area contributed by atoms with Gasteiger partial charge in [0.15, 0.2) is 0 Å². The Labute approximate surface area is 106 Å². The minimum atomic E-state index is -1.05. The molecule has 102 valence electrons. The number of halogens is 1. The number of carbonyl (C=O) groups is 2. The maximum absolute atomic E-state index is 13.6. The van der Waals surface area contributed by atoms with Crippen molar-refractivity contribution < 1.29 is 23.8 Å². The van der Waals surface area contributed by atoms with E-state index in [-0.39, 0.29) is 0 Å². The van der Waals surface area contributed by atoms with Gasteiger partial charge < -0.3 is 9.84 Å². The molecule has 1 aliphatic carbocycles. The molecule has 1 aliphatic rings. The first-order valence-electron chi connectivity index (χ1n) is 5.80. The highest BCUT2D eigenvalue weighted by Crippen LogP contribution is 2.59.